The first-order valence-corrected chi connectivity index (χ1v) is 9.12. The summed E-state index contributed by atoms with van der Waals surface area (Å²) in [5, 5.41) is 19.7. The number of aliphatic hydroxyl groups is 2. The number of fused-ring (bicyclic) bond motifs is 5. The van der Waals surface area contributed by atoms with E-state index in [0.29, 0.717) is 6.42 Å². The third-order valence-electron chi connectivity index (χ3n) is 6.54. The molecule has 0 amide bonds. The van der Waals surface area contributed by atoms with Gasteiger partial charge in [-0.2, -0.15) is 0 Å². The van der Waals surface area contributed by atoms with Gasteiger partial charge in [-0.25, -0.2) is 9.59 Å². The Morgan fingerprint density at radius 1 is 1.41 bits per heavy atom. The van der Waals surface area contributed by atoms with Gasteiger partial charge in [0.2, 0.25) is 0 Å². The molecule has 4 rings (SSSR count). The van der Waals surface area contributed by atoms with Gasteiger partial charge in [-0.05, 0) is 19.9 Å². The van der Waals surface area contributed by atoms with E-state index < -0.39 is 41.8 Å². The molecule has 0 radical (unpaired) electrons. The first kappa shape index (κ1) is 18.4. The normalized spacial score (nSPS) is 45.6. The summed E-state index contributed by atoms with van der Waals surface area (Å²) in [7, 11) is 0. The first-order chi connectivity index (χ1) is 12.7. The average Bonchev–Trinajstić information content (AvgIpc) is 3.16. The standard InChI is InChI=1S/C20H24O7/c1-8(5-6-21)18(23)25-11-7-9(2)12-14(20(4)17(27-20)15(12)22)16-13(11)10(3)19(24)26-16/h5,11-17,21-22H,2-3,6-7H2,1,4H3. The Kier molecular flexibility index (Phi) is 4.10. The molecule has 7 nitrogen and oxygen atoms in total. The van der Waals surface area contributed by atoms with Crippen LogP contribution in [0.2, 0.25) is 0 Å². The second-order valence-electron chi connectivity index (χ2n) is 8.06. The van der Waals surface area contributed by atoms with Crippen LogP contribution in [0.3, 0.4) is 0 Å². The predicted molar refractivity (Wildman–Crippen MR) is 93.3 cm³/mol. The van der Waals surface area contributed by atoms with Gasteiger partial charge in [-0.1, -0.05) is 18.7 Å². The van der Waals surface area contributed by atoms with Gasteiger partial charge >= 0.3 is 11.9 Å². The van der Waals surface area contributed by atoms with Crippen molar-refractivity contribution in [2.45, 2.75) is 50.3 Å². The van der Waals surface area contributed by atoms with Crippen molar-refractivity contribution in [2.24, 2.45) is 17.8 Å². The van der Waals surface area contributed by atoms with E-state index in [1.54, 1.807) is 6.92 Å². The fraction of sp³-hybridized carbons (Fsp3) is 0.600. The lowest BCUT2D eigenvalue weighted by atomic mass is 9.78. The Bertz CT molecular complexity index is 768. The van der Waals surface area contributed by atoms with Crippen LogP contribution in [0, 0.1) is 17.8 Å². The predicted octanol–water partition coefficient (Wildman–Crippen LogP) is 0.659. The van der Waals surface area contributed by atoms with Crippen molar-refractivity contribution in [3.8, 4) is 0 Å². The first-order valence-electron chi connectivity index (χ1n) is 9.12. The fourth-order valence-electron chi connectivity index (χ4n) is 5.13. The zero-order valence-electron chi connectivity index (χ0n) is 15.4. The lowest BCUT2D eigenvalue weighted by molar-refractivity contribution is -0.149. The Morgan fingerprint density at radius 3 is 2.78 bits per heavy atom. The molecule has 0 aromatic heterocycles. The highest BCUT2D eigenvalue weighted by atomic mass is 16.6. The minimum Gasteiger partial charge on any atom is -0.458 e. The molecular weight excluding hydrogens is 352 g/mol. The summed E-state index contributed by atoms with van der Waals surface area (Å²) >= 11 is 0. The lowest BCUT2D eigenvalue weighted by Gasteiger charge is -2.31. The maximum atomic E-state index is 12.4. The van der Waals surface area contributed by atoms with Crippen LogP contribution in [0.5, 0.6) is 0 Å². The SMILES string of the molecule is C=C1C(=O)OC2C1C(OC(=O)C(C)=CCO)CC(=C)C1C(O)C3OC3(C)C21. The molecule has 2 saturated carbocycles. The zero-order valence-corrected chi connectivity index (χ0v) is 15.4. The molecule has 2 aliphatic heterocycles. The molecule has 2 N–H and O–H groups in total. The molecule has 27 heavy (non-hydrogen) atoms. The van der Waals surface area contributed by atoms with E-state index in [2.05, 4.69) is 13.2 Å². The van der Waals surface area contributed by atoms with E-state index in [9.17, 15) is 14.7 Å². The summed E-state index contributed by atoms with van der Waals surface area (Å²) in [5.74, 6) is -2.18. The van der Waals surface area contributed by atoms with Crippen LogP contribution in [0.15, 0.2) is 36.0 Å². The van der Waals surface area contributed by atoms with Crippen molar-refractivity contribution in [3.63, 3.8) is 0 Å². The highest BCUT2D eigenvalue weighted by Gasteiger charge is 2.75. The van der Waals surface area contributed by atoms with Crippen molar-refractivity contribution in [3.05, 3.63) is 36.0 Å². The van der Waals surface area contributed by atoms with Gasteiger partial charge in [0.05, 0.1) is 18.6 Å². The van der Waals surface area contributed by atoms with Crippen LogP contribution >= 0.6 is 0 Å². The van der Waals surface area contributed by atoms with Gasteiger partial charge in [0.1, 0.15) is 23.9 Å². The second kappa shape index (κ2) is 6.02. The molecule has 0 aromatic carbocycles. The number of hydrogen-bond donors (Lipinski definition) is 2. The van der Waals surface area contributed by atoms with Crippen LogP contribution < -0.4 is 0 Å². The van der Waals surface area contributed by atoms with Crippen molar-refractivity contribution >= 4 is 11.9 Å². The summed E-state index contributed by atoms with van der Waals surface area (Å²) in [6.45, 7) is 11.2. The highest BCUT2D eigenvalue weighted by Crippen LogP contribution is 2.63. The molecule has 0 spiro atoms. The largest absolute Gasteiger partial charge is 0.458 e. The smallest absolute Gasteiger partial charge is 0.334 e. The Hall–Kier alpha value is -1.96. The molecule has 4 aliphatic rings. The van der Waals surface area contributed by atoms with Gasteiger partial charge in [-0.15, -0.1) is 0 Å². The van der Waals surface area contributed by atoms with Crippen LogP contribution in [0.4, 0.5) is 0 Å². The summed E-state index contributed by atoms with van der Waals surface area (Å²) < 4.78 is 17.0. The Balaban J connectivity index is 1.69. The van der Waals surface area contributed by atoms with Crippen molar-refractivity contribution in [1.82, 2.24) is 0 Å². The zero-order chi connectivity index (χ0) is 19.7. The average molecular weight is 376 g/mol. The van der Waals surface area contributed by atoms with Gasteiger partial charge < -0.3 is 24.4 Å². The fourth-order valence-corrected chi connectivity index (χ4v) is 5.13. The molecule has 8 atom stereocenters. The van der Waals surface area contributed by atoms with Crippen LogP contribution in [-0.2, 0) is 23.8 Å². The van der Waals surface area contributed by atoms with Gasteiger partial charge in [0, 0.05) is 29.4 Å². The number of epoxide rings is 1. The second-order valence-corrected chi connectivity index (χ2v) is 8.06. The van der Waals surface area contributed by atoms with E-state index in [1.165, 1.54) is 6.08 Å². The number of carbonyl (C=O) groups excluding carboxylic acids is 2. The van der Waals surface area contributed by atoms with E-state index >= 15 is 0 Å². The number of carbonyl (C=O) groups is 2. The monoisotopic (exact) mass is 376 g/mol. The maximum Gasteiger partial charge on any atom is 0.334 e. The topological polar surface area (TPSA) is 106 Å². The summed E-state index contributed by atoms with van der Waals surface area (Å²) in [6.07, 6.45) is -0.650. The quantitative estimate of drug-likeness (QED) is 0.323. The number of hydrogen-bond acceptors (Lipinski definition) is 7. The molecule has 146 valence electrons. The summed E-state index contributed by atoms with van der Waals surface area (Å²) in [5.41, 5.74) is 0.700. The van der Waals surface area contributed by atoms with Crippen molar-refractivity contribution in [1.29, 1.82) is 0 Å². The van der Waals surface area contributed by atoms with E-state index in [4.69, 9.17) is 19.3 Å². The third-order valence-corrected chi connectivity index (χ3v) is 6.54. The van der Waals surface area contributed by atoms with Crippen LogP contribution in [0.25, 0.3) is 0 Å². The molecule has 8 unspecified atom stereocenters. The summed E-state index contributed by atoms with van der Waals surface area (Å²) in [6, 6.07) is 0. The molecule has 2 saturated heterocycles. The molecule has 0 aromatic rings. The maximum absolute atomic E-state index is 12.4. The number of esters is 2. The minimum absolute atomic E-state index is 0.261. The van der Waals surface area contributed by atoms with Gasteiger partial charge in [0.25, 0.3) is 0 Å². The molecule has 2 heterocycles. The summed E-state index contributed by atoms with van der Waals surface area (Å²) in [4.78, 5) is 24.6. The molecule has 4 fully saturated rings. The number of ether oxygens (including phenoxy) is 3. The van der Waals surface area contributed by atoms with E-state index in [-0.39, 0.29) is 35.7 Å². The minimum atomic E-state index is -0.730. The molecule has 7 heteroatoms. The van der Waals surface area contributed by atoms with Crippen LogP contribution in [0.1, 0.15) is 20.3 Å². The molecule has 2 aliphatic carbocycles. The van der Waals surface area contributed by atoms with Gasteiger partial charge in [-0.3, -0.25) is 0 Å². The Labute approximate surface area is 157 Å². The van der Waals surface area contributed by atoms with Gasteiger partial charge in [0.15, 0.2) is 0 Å². The molecule has 0 bridgehead atoms. The third kappa shape index (κ3) is 2.52. The van der Waals surface area contributed by atoms with Crippen molar-refractivity contribution in [2.75, 3.05) is 6.61 Å². The Morgan fingerprint density at radius 2 is 2.11 bits per heavy atom. The molecular formula is C20H24O7. The number of aliphatic hydroxyl groups excluding tert-OH is 2. The van der Waals surface area contributed by atoms with Crippen molar-refractivity contribution < 1.29 is 34.0 Å². The lowest BCUT2D eigenvalue weighted by Crippen LogP contribution is -2.41. The number of rotatable bonds is 3. The van der Waals surface area contributed by atoms with E-state index in [0.717, 1.165) is 5.57 Å². The highest BCUT2D eigenvalue weighted by molar-refractivity contribution is 5.92. The van der Waals surface area contributed by atoms with Crippen LogP contribution in [-0.4, -0.2) is 58.8 Å². The van der Waals surface area contributed by atoms with E-state index in [1.807, 2.05) is 6.92 Å².